The highest BCUT2D eigenvalue weighted by Gasteiger charge is 2.30. The molecule has 2 N–H and O–H groups in total. The highest BCUT2D eigenvalue weighted by atomic mass is 35.5. The zero-order valence-corrected chi connectivity index (χ0v) is 12.3. The van der Waals surface area contributed by atoms with Crippen molar-refractivity contribution in [2.75, 3.05) is 13.1 Å². The number of hydrogen-bond donors (Lipinski definition) is 2. The predicted octanol–water partition coefficient (Wildman–Crippen LogP) is 2.56. The van der Waals surface area contributed by atoms with Gasteiger partial charge >= 0.3 is 5.97 Å². The van der Waals surface area contributed by atoms with E-state index in [-0.39, 0.29) is 5.92 Å². The van der Waals surface area contributed by atoms with Crippen molar-refractivity contribution in [3.8, 4) is 0 Å². The van der Waals surface area contributed by atoms with Crippen LogP contribution in [0.4, 0.5) is 0 Å². The molecule has 1 aromatic rings. The minimum absolute atomic E-state index is 0.174. The van der Waals surface area contributed by atoms with Gasteiger partial charge in [-0.1, -0.05) is 23.7 Å². The van der Waals surface area contributed by atoms with Crippen LogP contribution in [0.3, 0.4) is 0 Å². The topological polar surface area (TPSA) is 60.8 Å². The minimum Gasteiger partial charge on any atom is -0.480 e. The molecular weight excluding hydrogens is 278 g/mol. The molecule has 0 saturated carbocycles. The first-order chi connectivity index (χ1) is 9.49. The number of benzene rings is 1. The summed E-state index contributed by atoms with van der Waals surface area (Å²) >= 11 is 5.84. The Labute approximate surface area is 124 Å². The third-order valence-corrected chi connectivity index (χ3v) is 4.39. The average molecular weight is 298 g/mol. The average Bonchev–Trinajstić information content (AvgIpc) is 2.46. The number of piperidine rings is 1. The maximum atomic E-state index is 11.0. The van der Waals surface area contributed by atoms with Crippen LogP contribution in [-0.4, -0.2) is 40.2 Å². The van der Waals surface area contributed by atoms with Crippen molar-refractivity contribution in [3.05, 3.63) is 34.9 Å². The monoisotopic (exact) mass is 297 g/mol. The van der Waals surface area contributed by atoms with Gasteiger partial charge in [0.05, 0.1) is 6.10 Å². The zero-order chi connectivity index (χ0) is 14.7. The molecule has 4 nitrogen and oxygen atoms in total. The van der Waals surface area contributed by atoms with Gasteiger partial charge in [-0.3, -0.25) is 9.69 Å². The summed E-state index contributed by atoms with van der Waals surface area (Å²) in [6.07, 6.45) is 1.11. The number of hydrogen-bond acceptors (Lipinski definition) is 3. The van der Waals surface area contributed by atoms with Gasteiger partial charge in [0.15, 0.2) is 0 Å². The number of rotatable bonds is 4. The lowest BCUT2D eigenvalue weighted by Crippen LogP contribution is -2.44. The Kier molecular flexibility index (Phi) is 5.02. The largest absolute Gasteiger partial charge is 0.480 e. The molecule has 2 atom stereocenters. The molecular formula is C15H20ClNO3. The van der Waals surface area contributed by atoms with Gasteiger partial charge in [0.1, 0.15) is 6.04 Å². The lowest BCUT2D eigenvalue weighted by atomic mass is 9.87. The third-order valence-electron chi connectivity index (χ3n) is 4.14. The summed E-state index contributed by atoms with van der Waals surface area (Å²) < 4.78 is 0. The second-order valence-electron chi connectivity index (χ2n) is 5.38. The van der Waals surface area contributed by atoms with E-state index in [0.29, 0.717) is 18.1 Å². The smallest absolute Gasteiger partial charge is 0.320 e. The summed E-state index contributed by atoms with van der Waals surface area (Å²) in [6.45, 7) is 3.13. The molecule has 1 heterocycles. The first-order valence-corrected chi connectivity index (χ1v) is 7.27. The number of likely N-dealkylation sites (tertiary alicyclic amines) is 1. The second-order valence-corrected chi connectivity index (χ2v) is 5.82. The summed E-state index contributed by atoms with van der Waals surface area (Å²) in [5, 5.41) is 20.1. The van der Waals surface area contributed by atoms with Gasteiger partial charge in [-0.15, -0.1) is 0 Å². The maximum Gasteiger partial charge on any atom is 0.320 e. The molecule has 2 rings (SSSR count). The van der Waals surface area contributed by atoms with Gasteiger partial charge in [0, 0.05) is 5.02 Å². The summed E-state index contributed by atoms with van der Waals surface area (Å²) in [5.74, 6) is -0.616. The van der Waals surface area contributed by atoms with E-state index in [2.05, 4.69) is 0 Å². The zero-order valence-electron chi connectivity index (χ0n) is 11.5. The van der Waals surface area contributed by atoms with Crippen LogP contribution < -0.4 is 0 Å². The van der Waals surface area contributed by atoms with E-state index >= 15 is 0 Å². The molecule has 110 valence electrons. The van der Waals surface area contributed by atoms with E-state index < -0.39 is 18.1 Å². The van der Waals surface area contributed by atoms with E-state index in [1.165, 1.54) is 0 Å². The Morgan fingerprint density at radius 2 is 1.85 bits per heavy atom. The van der Waals surface area contributed by atoms with Gasteiger partial charge in [0.2, 0.25) is 0 Å². The first kappa shape index (κ1) is 15.3. The number of aliphatic carboxylic acids is 1. The lowest BCUT2D eigenvalue weighted by molar-refractivity contribution is -0.143. The van der Waals surface area contributed by atoms with Crippen LogP contribution in [0.15, 0.2) is 24.3 Å². The van der Waals surface area contributed by atoms with Gasteiger partial charge < -0.3 is 10.2 Å². The maximum absolute atomic E-state index is 11.0. The van der Waals surface area contributed by atoms with Gasteiger partial charge in [-0.25, -0.2) is 0 Å². The van der Waals surface area contributed by atoms with Crippen LogP contribution in [0.2, 0.25) is 5.02 Å². The van der Waals surface area contributed by atoms with Crippen LogP contribution in [0, 0.1) is 5.92 Å². The van der Waals surface area contributed by atoms with Crippen molar-refractivity contribution in [1.82, 2.24) is 4.90 Å². The Morgan fingerprint density at radius 1 is 1.30 bits per heavy atom. The molecule has 1 aliphatic rings. The van der Waals surface area contributed by atoms with Crippen molar-refractivity contribution in [3.63, 3.8) is 0 Å². The van der Waals surface area contributed by atoms with Crippen LogP contribution in [0.5, 0.6) is 0 Å². The Balaban J connectivity index is 1.93. The van der Waals surface area contributed by atoms with Crippen molar-refractivity contribution < 1.29 is 15.0 Å². The standard InChI is InChI=1S/C15H20ClNO3/c1-10(15(19)20)17-8-6-12(7-9-17)14(18)11-2-4-13(16)5-3-11/h2-5,10,12,14,18H,6-9H2,1H3,(H,19,20)/t10-,14-/m0/s1. The number of nitrogens with zero attached hydrogens (tertiary/aromatic N) is 1. The third kappa shape index (κ3) is 3.51. The summed E-state index contributed by atoms with van der Waals surface area (Å²) in [6, 6.07) is 6.80. The normalized spacial score (nSPS) is 20.6. The molecule has 1 saturated heterocycles. The predicted molar refractivity (Wildman–Crippen MR) is 77.8 cm³/mol. The fraction of sp³-hybridized carbons (Fsp3) is 0.533. The van der Waals surface area contributed by atoms with Crippen LogP contribution in [0.1, 0.15) is 31.4 Å². The summed E-state index contributed by atoms with van der Waals surface area (Å²) in [4.78, 5) is 12.9. The molecule has 1 aromatic carbocycles. The van der Waals surface area contributed by atoms with E-state index in [1.54, 1.807) is 19.1 Å². The van der Waals surface area contributed by atoms with E-state index in [1.807, 2.05) is 17.0 Å². The molecule has 0 aromatic heterocycles. The Morgan fingerprint density at radius 3 is 2.35 bits per heavy atom. The molecule has 0 aliphatic carbocycles. The molecule has 5 heteroatoms. The second kappa shape index (κ2) is 6.57. The highest BCUT2D eigenvalue weighted by molar-refractivity contribution is 6.30. The van der Waals surface area contributed by atoms with E-state index in [4.69, 9.17) is 16.7 Å². The first-order valence-electron chi connectivity index (χ1n) is 6.89. The van der Waals surface area contributed by atoms with Gasteiger partial charge in [-0.05, 0) is 56.5 Å². The summed E-state index contributed by atoms with van der Waals surface area (Å²) in [7, 11) is 0. The van der Waals surface area contributed by atoms with Crippen LogP contribution in [-0.2, 0) is 4.79 Å². The lowest BCUT2D eigenvalue weighted by Gasteiger charge is -2.36. The number of carbonyl (C=O) groups is 1. The molecule has 1 fully saturated rings. The fourth-order valence-electron chi connectivity index (χ4n) is 2.71. The van der Waals surface area contributed by atoms with E-state index in [0.717, 1.165) is 18.4 Å². The number of aliphatic hydroxyl groups is 1. The van der Waals surface area contributed by atoms with Gasteiger partial charge in [-0.2, -0.15) is 0 Å². The molecule has 0 radical (unpaired) electrons. The molecule has 0 unspecified atom stereocenters. The number of carboxylic acids is 1. The molecule has 0 amide bonds. The quantitative estimate of drug-likeness (QED) is 0.897. The number of halogens is 1. The molecule has 0 bridgehead atoms. The van der Waals surface area contributed by atoms with Crippen molar-refractivity contribution in [2.24, 2.45) is 5.92 Å². The molecule has 0 spiro atoms. The molecule has 20 heavy (non-hydrogen) atoms. The number of aliphatic hydroxyl groups excluding tert-OH is 1. The van der Waals surface area contributed by atoms with Crippen molar-refractivity contribution in [2.45, 2.75) is 31.9 Å². The van der Waals surface area contributed by atoms with Crippen molar-refractivity contribution >= 4 is 17.6 Å². The Hall–Kier alpha value is -1.10. The number of carboxylic acid groups (broad SMARTS) is 1. The summed E-state index contributed by atoms with van der Waals surface area (Å²) in [5.41, 5.74) is 0.874. The molecule has 1 aliphatic heterocycles. The highest BCUT2D eigenvalue weighted by Crippen LogP contribution is 2.31. The Bertz CT molecular complexity index is 455. The minimum atomic E-state index is -0.790. The van der Waals surface area contributed by atoms with Gasteiger partial charge in [0.25, 0.3) is 0 Å². The SMILES string of the molecule is C[C@@H](C(=O)O)N1CCC([C@@H](O)c2ccc(Cl)cc2)CC1. The van der Waals surface area contributed by atoms with Crippen molar-refractivity contribution in [1.29, 1.82) is 0 Å². The van der Waals surface area contributed by atoms with E-state index in [9.17, 15) is 9.90 Å². The fourth-order valence-corrected chi connectivity index (χ4v) is 2.84. The van der Waals surface area contributed by atoms with Crippen LogP contribution >= 0.6 is 11.6 Å². The van der Waals surface area contributed by atoms with Crippen LogP contribution in [0.25, 0.3) is 0 Å².